The van der Waals surface area contributed by atoms with Crippen LogP contribution in [-0.2, 0) is 14.3 Å². The molecule has 8 nitrogen and oxygen atoms in total. The lowest BCUT2D eigenvalue weighted by Gasteiger charge is -2.43. The average Bonchev–Trinajstić information content (AvgIpc) is 3.15. The highest BCUT2D eigenvalue weighted by molar-refractivity contribution is 5.89. The lowest BCUT2D eigenvalue weighted by molar-refractivity contribution is -0.143. The molecule has 3 aliphatic rings. The number of ether oxygens (including phenoxy) is 1. The highest BCUT2D eigenvalue weighted by atomic mass is 16.5. The molecular formula is C27H31N3O5. The van der Waals surface area contributed by atoms with Crippen molar-refractivity contribution in [2.24, 2.45) is 0 Å². The van der Waals surface area contributed by atoms with Gasteiger partial charge in [-0.3, -0.25) is 14.5 Å². The number of rotatable bonds is 7. The zero-order valence-electron chi connectivity index (χ0n) is 19.7. The van der Waals surface area contributed by atoms with Gasteiger partial charge in [-0.1, -0.05) is 55.0 Å². The van der Waals surface area contributed by atoms with Gasteiger partial charge in [-0.25, -0.2) is 4.79 Å². The van der Waals surface area contributed by atoms with Crippen LogP contribution in [0.5, 0.6) is 0 Å². The highest BCUT2D eigenvalue weighted by Gasteiger charge is 2.34. The van der Waals surface area contributed by atoms with Crippen LogP contribution in [0.3, 0.4) is 0 Å². The van der Waals surface area contributed by atoms with Gasteiger partial charge in [-0.05, 0) is 35.1 Å². The summed E-state index contributed by atoms with van der Waals surface area (Å²) < 4.78 is 5.54. The minimum atomic E-state index is -1.15. The van der Waals surface area contributed by atoms with Gasteiger partial charge in [0.25, 0.3) is 0 Å². The SMILES string of the molecule is O=C(O)CC(NC(=O)OCC1c2ccccc2-c2ccccc21)C(=O)N1CCN(C2CCC2)CC1. The summed E-state index contributed by atoms with van der Waals surface area (Å²) in [5, 5.41) is 11.9. The summed E-state index contributed by atoms with van der Waals surface area (Å²) in [4.78, 5) is 41.3. The number of aliphatic carboxylic acids is 1. The number of amides is 2. The van der Waals surface area contributed by atoms with Gasteiger partial charge in [-0.2, -0.15) is 0 Å². The smallest absolute Gasteiger partial charge is 0.407 e. The first-order valence-electron chi connectivity index (χ1n) is 12.4. The molecule has 1 saturated heterocycles. The Bertz CT molecular complexity index is 1060. The Labute approximate surface area is 204 Å². The number of benzene rings is 2. The second-order valence-electron chi connectivity index (χ2n) is 9.57. The fourth-order valence-corrected chi connectivity index (χ4v) is 5.44. The molecule has 0 bridgehead atoms. The van der Waals surface area contributed by atoms with Crippen molar-refractivity contribution >= 4 is 18.0 Å². The predicted molar refractivity (Wildman–Crippen MR) is 130 cm³/mol. The predicted octanol–water partition coefficient (Wildman–Crippen LogP) is 3.07. The normalized spacial score (nSPS) is 18.8. The Morgan fingerprint density at radius 3 is 2.09 bits per heavy atom. The van der Waals surface area contributed by atoms with Crippen molar-refractivity contribution in [1.82, 2.24) is 15.1 Å². The molecule has 1 heterocycles. The minimum absolute atomic E-state index is 0.105. The van der Waals surface area contributed by atoms with E-state index >= 15 is 0 Å². The van der Waals surface area contributed by atoms with E-state index in [4.69, 9.17) is 4.74 Å². The molecule has 8 heteroatoms. The van der Waals surface area contributed by atoms with Crippen molar-refractivity contribution in [3.8, 4) is 11.1 Å². The van der Waals surface area contributed by atoms with Crippen molar-refractivity contribution in [2.45, 2.75) is 43.7 Å². The Balaban J connectivity index is 1.20. The number of hydrogen-bond acceptors (Lipinski definition) is 5. The summed E-state index contributed by atoms with van der Waals surface area (Å²) >= 11 is 0. The van der Waals surface area contributed by atoms with E-state index in [9.17, 15) is 19.5 Å². The van der Waals surface area contributed by atoms with Crippen molar-refractivity contribution < 1.29 is 24.2 Å². The number of nitrogens with zero attached hydrogens (tertiary/aromatic N) is 2. The molecule has 2 aromatic rings. The highest BCUT2D eigenvalue weighted by Crippen LogP contribution is 2.44. The first-order chi connectivity index (χ1) is 17.0. The van der Waals surface area contributed by atoms with Gasteiger partial charge >= 0.3 is 12.1 Å². The Morgan fingerprint density at radius 1 is 0.943 bits per heavy atom. The summed E-state index contributed by atoms with van der Waals surface area (Å²) in [6.45, 7) is 2.74. The van der Waals surface area contributed by atoms with E-state index in [-0.39, 0.29) is 18.4 Å². The fraction of sp³-hybridized carbons (Fsp3) is 0.444. The maximum atomic E-state index is 13.1. The third-order valence-corrected chi connectivity index (χ3v) is 7.53. The van der Waals surface area contributed by atoms with E-state index in [1.165, 1.54) is 19.3 Å². The molecule has 2 amide bonds. The topological polar surface area (TPSA) is 99.2 Å². The summed E-state index contributed by atoms with van der Waals surface area (Å²) in [5.74, 6) is -1.62. The second kappa shape index (κ2) is 10.1. The van der Waals surface area contributed by atoms with Gasteiger partial charge in [0.05, 0.1) is 6.42 Å². The van der Waals surface area contributed by atoms with E-state index in [1.807, 2.05) is 36.4 Å². The molecule has 2 aromatic carbocycles. The van der Waals surface area contributed by atoms with Gasteiger partial charge in [0, 0.05) is 38.1 Å². The Hall–Kier alpha value is -3.39. The third-order valence-electron chi connectivity index (χ3n) is 7.53. The average molecular weight is 478 g/mol. The quantitative estimate of drug-likeness (QED) is 0.636. The standard InChI is InChI=1S/C27H31N3O5/c31-25(32)16-24(26(33)30-14-12-29(13-15-30)18-6-5-7-18)28-27(34)35-17-23-21-10-3-1-8-19(21)20-9-2-4-11-22(20)23/h1-4,8-11,18,23-24H,5-7,12-17H2,(H,28,34)(H,31,32). The zero-order chi connectivity index (χ0) is 24.4. The molecular weight excluding hydrogens is 446 g/mol. The van der Waals surface area contributed by atoms with Crippen LogP contribution < -0.4 is 5.32 Å². The molecule has 0 aromatic heterocycles. The molecule has 1 atom stereocenters. The van der Waals surface area contributed by atoms with Gasteiger partial charge in [0.15, 0.2) is 0 Å². The zero-order valence-corrected chi connectivity index (χ0v) is 19.7. The number of fused-ring (bicyclic) bond motifs is 3. The molecule has 0 radical (unpaired) electrons. The van der Waals surface area contributed by atoms with Crippen LogP contribution in [-0.4, -0.2) is 77.7 Å². The Morgan fingerprint density at radius 2 is 1.54 bits per heavy atom. The monoisotopic (exact) mass is 477 g/mol. The molecule has 35 heavy (non-hydrogen) atoms. The van der Waals surface area contributed by atoms with Crippen LogP contribution in [0.1, 0.15) is 42.7 Å². The number of piperazine rings is 1. The lowest BCUT2D eigenvalue weighted by Crippen LogP contribution is -2.57. The summed E-state index contributed by atoms with van der Waals surface area (Å²) in [6.07, 6.45) is 2.41. The molecule has 1 saturated carbocycles. The number of carbonyl (C=O) groups is 3. The largest absolute Gasteiger partial charge is 0.481 e. The number of alkyl carbamates (subject to hydrolysis) is 1. The van der Waals surface area contributed by atoms with Gasteiger partial charge in [0.1, 0.15) is 12.6 Å². The van der Waals surface area contributed by atoms with Crippen LogP contribution >= 0.6 is 0 Å². The van der Waals surface area contributed by atoms with Gasteiger partial charge in [-0.15, -0.1) is 0 Å². The number of carboxylic acid groups (broad SMARTS) is 1. The van der Waals surface area contributed by atoms with Crippen molar-refractivity contribution in [3.63, 3.8) is 0 Å². The summed E-state index contributed by atoms with van der Waals surface area (Å²) in [6, 6.07) is 15.5. The lowest BCUT2D eigenvalue weighted by atomic mass is 9.91. The molecule has 2 fully saturated rings. The number of nitrogens with one attached hydrogen (secondary N) is 1. The van der Waals surface area contributed by atoms with Crippen LogP contribution in [0.4, 0.5) is 4.79 Å². The fourth-order valence-electron chi connectivity index (χ4n) is 5.44. The molecule has 5 rings (SSSR count). The molecule has 1 unspecified atom stereocenters. The van der Waals surface area contributed by atoms with Crippen LogP contribution in [0.25, 0.3) is 11.1 Å². The first kappa shape index (κ1) is 23.4. The van der Waals surface area contributed by atoms with Crippen LogP contribution in [0.2, 0.25) is 0 Å². The molecule has 0 spiro atoms. The van der Waals surface area contributed by atoms with E-state index in [2.05, 4.69) is 22.3 Å². The maximum absolute atomic E-state index is 13.1. The van der Waals surface area contributed by atoms with E-state index < -0.39 is 24.5 Å². The first-order valence-corrected chi connectivity index (χ1v) is 12.4. The second-order valence-corrected chi connectivity index (χ2v) is 9.57. The van der Waals surface area contributed by atoms with Crippen LogP contribution in [0.15, 0.2) is 48.5 Å². The van der Waals surface area contributed by atoms with Gasteiger partial charge < -0.3 is 20.1 Å². The summed E-state index contributed by atoms with van der Waals surface area (Å²) in [7, 11) is 0. The number of carbonyl (C=O) groups excluding carboxylic acids is 2. The molecule has 184 valence electrons. The number of hydrogen-bond donors (Lipinski definition) is 2. The van der Waals surface area contributed by atoms with Crippen molar-refractivity contribution in [3.05, 3.63) is 59.7 Å². The molecule has 2 aliphatic carbocycles. The molecule has 2 N–H and O–H groups in total. The Kier molecular flexibility index (Phi) is 6.72. The van der Waals surface area contributed by atoms with Crippen molar-refractivity contribution in [2.75, 3.05) is 32.8 Å². The van der Waals surface area contributed by atoms with E-state index in [0.29, 0.717) is 19.1 Å². The molecule has 1 aliphatic heterocycles. The number of carboxylic acids is 1. The third kappa shape index (κ3) is 4.89. The van der Waals surface area contributed by atoms with Crippen molar-refractivity contribution in [1.29, 1.82) is 0 Å². The van der Waals surface area contributed by atoms with Gasteiger partial charge in [0.2, 0.25) is 5.91 Å². The van der Waals surface area contributed by atoms with E-state index in [1.54, 1.807) is 4.90 Å². The summed E-state index contributed by atoms with van der Waals surface area (Å²) in [5.41, 5.74) is 4.42. The minimum Gasteiger partial charge on any atom is -0.481 e. The maximum Gasteiger partial charge on any atom is 0.407 e. The van der Waals surface area contributed by atoms with E-state index in [0.717, 1.165) is 35.3 Å². The van der Waals surface area contributed by atoms with Crippen LogP contribution in [0, 0.1) is 0 Å².